The van der Waals surface area contributed by atoms with Gasteiger partial charge in [-0.1, -0.05) is 105 Å². The van der Waals surface area contributed by atoms with Gasteiger partial charge in [0.15, 0.2) is 0 Å². The van der Waals surface area contributed by atoms with Crippen LogP contribution in [0, 0.1) is 22.7 Å². The molecule has 2 fully saturated rings. The summed E-state index contributed by atoms with van der Waals surface area (Å²) in [4.78, 5) is 0. The molecule has 4 aliphatic carbocycles. The lowest BCUT2D eigenvalue weighted by atomic mass is 9.49. The summed E-state index contributed by atoms with van der Waals surface area (Å²) in [7, 11) is 0. The highest BCUT2D eigenvalue weighted by molar-refractivity contribution is 5.43. The van der Waals surface area contributed by atoms with Crippen LogP contribution >= 0.6 is 0 Å². The third-order valence-corrected chi connectivity index (χ3v) is 13.4. The van der Waals surface area contributed by atoms with Crippen molar-refractivity contribution in [2.75, 3.05) is 13.1 Å². The van der Waals surface area contributed by atoms with Gasteiger partial charge < -0.3 is 5.32 Å². The Morgan fingerprint density at radius 3 is 1.44 bits per heavy atom. The van der Waals surface area contributed by atoms with Crippen LogP contribution in [0.2, 0.25) is 0 Å². The highest BCUT2D eigenvalue weighted by Crippen LogP contribution is 2.59. The van der Waals surface area contributed by atoms with E-state index in [1.165, 1.54) is 88.4 Å². The highest BCUT2D eigenvalue weighted by Gasteiger charge is 2.53. The van der Waals surface area contributed by atoms with Crippen LogP contribution in [0.1, 0.15) is 152 Å². The number of rotatable bonds is 6. The summed E-state index contributed by atoms with van der Waals surface area (Å²) in [6.45, 7) is 22.2. The summed E-state index contributed by atoms with van der Waals surface area (Å²) in [5, 5.41) is 4.20. The third-order valence-electron chi connectivity index (χ3n) is 13.4. The van der Waals surface area contributed by atoms with Crippen molar-refractivity contribution in [3.8, 4) is 0 Å². The normalized spacial score (nSPS) is 36.4. The van der Waals surface area contributed by atoms with Gasteiger partial charge in [-0.3, -0.25) is 0 Å². The molecule has 41 heavy (non-hydrogen) atoms. The van der Waals surface area contributed by atoms with Crippen molar-refractivity contribution in [2.45, 2.75) is 142 Å². The van der Waals surface area contributed by atoms with Crippen molar-refractivity contribution in [2.24, 2.45) is 22.7 Å². The van der Waals surface area contributed by atoms with Gasteiger partial charge in [-0.2, -0.15) is 0 Å². The lowest BCUT2D eigenvalue weighted by Gasteiger charge is -2.57. The first-order chi connectivity index (χ1) is 19.4. The molecule has 0 aromatic heterocycles. The monoisotopic (exact) mass is 553 g/mol. The molecule has 1 N–H and O–H groups in total. The van der Waals surface area contributed by atoms with Gasteiger partial charge in [0.05, 0.1) is 0 Å². The van der Waals surface area contributed by atoms with Crippen molar-refractivity contribution < 1.29 is 0 Å². The number of fused-ring (bicyclic) bond motifs is 6. The van der Waals surface area contributed by atoms with Crippen molar-refractivity contribution in [3.63, 3.8) is 0 Å². The molecule has 224 valence electrons. The molecule has 0 radical (unpaired) electrons. The topological polar surface area (TPSA) is 12.0 Å². The lowest BCUT2D eigenvalue weighted by Crippen LogP contribution is -2.55. The van der Waals surface area contributed by atoms with Crippen LogP contribution in [0.15, 0.2) is 36.4 Å². The van der Waals surface area contributed by atoms with E-state index in [1.807, 2.05) is 0 Å². The SMILES string of the molecule is CC(C)c1ccc2c(c1)CC[C@H]1[C@](C)(CNC[C@]3(C)CCC[C@]4(C)c5ccc(C(C)C)cc5CC[C@@H]34)CCC[C@]21C. The van der Waals surface area contributed by atoms with Gasteiger partial charge >= 0.3 is 0 Å². The molecule has 1 heteroatoms. The number of aryl methyl sites for hydroxylation is 2. The predicted octanol–water partition coefficient (Wildman–Crippen LogP) is 10.2. The zero-order valence-corrected chi connectivity index (χ0v) is 27.8. The minimum Gasteiger partial charge on any atom is -0.316 e. The van der Waals surface area contributed by atoms with Crippen molar-refractivity contribution >= 4 is 0 Å². The fraction of sp³-hybridized carbons (Fsp3) is 0.700. The quantitative estimate of drug-likeness (QED) is 0.375. The van der Waals surface area contributed by atoms with E-state index in [-0.39, 0.29) is 0 Å². The molecule has 0 spiro atoms. The molecule has 0 heterocycles. The van der Waals surface area contributed by atoms with Crippen molar-refractivity contribution in [3.05, 3.63) is 69.8 Å². The van der Waals surface area contributed by atoms with Crippen LogP contribution in [-0.2, 0) is 23.7 Å². The largest absolute Gasteiger partial charge is 0.316 e. The maximum atomic E-state index is 4.20. The van der Waals surface area contributed by atoms with E-state index < -0.39 is 0 Å². The molecule has 6 rings (SSSR count). The number of hydrogen-bond donors (Lipinski definition) is 1. The Hall–Kier alpha value is -1.60. The van der Waals surface area contributed by atoms with E-state index in [4.69, 9.17) is 0 Å². The van der Waals surface area contributed by atoms with Gasteiger partial charge in [-0.25, -0.2) is 0 Å². The Labute approximate surface area is 252 Å². The fourth-order valence-electron chi connectivity index (χ4n) is 11.1. The van der Waals surface area contributed by atoms with Gasteiger partial charge in [0, 0.05) is 13.1 Å². The average Bonchev–Trinajstić information content (AvgIpc) is 2.92. The Morgan fingerprint density at radius 1 is 0.634 bits per heavy atom. The van der Waals surface area contributed by atoms with Crippen LogP contribution in [0.4, 0.5) is 0 Å². The molecule has 1 nitrogen and oxygen atoms in total. The Kier molecular flexibility index (Phi) is 7.57. The van der Waals surface area contributed by atoms with E-state index in [9.17, 15) is 0 Å². The van der Waals surface area contributed by atoms with Gasteiger partial charge in [0.1, 0.15) is 0 Å². The van der Waals surface area contributed by atoms with E-state index in [1.54, 1.807) is 22.3 Å². The van der Waals surface area contributed by atoms with E-state index in [0.29, 0.717) is 33.5 Å². The van der Waals surface area contributed by atoms with Crippen LogP contribution < -0.4 is 5.32 Å². The molecule has 2 aromatic rings. The van der Waals surface area contributed by atoms with Gasteiger partial charge in [0.2, 0.25) is 0 Å². The second-order valence-electron chi connectivity index (χ2n) is 16.8. The van der Waals surface area contributed by atoms with Crippen LogP contribution in [0.3, 0.4) is 0 Å². The minimum atomic E-state index is 0.326. The van der Waals surface area contributed by atoms with Crippen LogP contribution in [0.5, 0.6) is 0 Å². The summed E-state index contributed by atoms with van der Waals surface area (Å²) < 4.78 is 0. The molecule has 2 aromatic carbocycles. The zero-order valence-electron chi connectivity index (χ0n) is 27.8. The Morgan fingerprint density at radius 2 is 1.05 bits per heavy atom. The molecule has 0 saturated heterocycles. The molecule has 6 atom stereocenters. The summed E-state index contributed by atoms with van der Waals surface area (Å²) >= 11 is 0. The van der Waals surface area contributed by atoms with E-state index in [2.05, 4.69) is 97.1 Å². The van der Waals surface area contributed by atoms with E-state index in [0.717, 1.165) is 11.8 Å². The molecular weight excluding hydrogens is 494 g/mol. The Balaban J connectivity index is 1.18. The summed E-state index contributed by atoms with van der Waals surface area (Å²) in [6.07, 6.45) is 13.4. The highest BCUT2D eigenvalue weighted by atomic mass is 14.9. The molecule has 2 saturated carbocycles. The zero-order chi connectivity index (χ0) is 29.2. The summed E-state index contributed by atoms with van der Waals surface area (Å²) in [5.74, 6) is 2.78. The van der Waals surface area contributed by atoms with Crippen LogP contribution in [0.25, 0.3) is 0 Å². The van der Waals surface area contributed by atoms with Gasteiger partial charge in [-0.05, 0) is 130 Å². The van der Waals surface area contributed by atoms with E-state index >= 15 is 0 Å². The molecular formula is C40H59N. The lowest BCUT2D eigenvalue weighted by molar-refractivity contribution is 0.00559. The fourth-order valence-corrected chi connectivity index (χ4v) is 11.1. The average molecular weight is 554 g/mol. The van der Waals surface area contributed by atoms with Crippen LogP contribution in [-0.4, -0.2) is 13.1 Å². The summed E-state index contributed by atoms with van der Waals surface area (Å²) in [5.41, 5.74) is 11.1. The number of hydrogen-bond acceptors (Lipinski definition) is 1. The maximum Gasteiger partial charge on any atom is 0.000837 e. The number of benzene rings is 2. The first kappa shape index (κ1) is 29.5. The molecule has 0 aliphatic heterocycles. The smallest absolute Gasteiger partial charge is 0.000837 e. The van der Waals surface area contributed by atoms with Crippen molar-refractivity contribution in [1.82, 2.24) is 5.32 Å². The second kappa shape index (κ2) is 10.5. The molecule has 4 aliphatic rings. The molecule has 0 amide bonds. The Bertz CT molecular complexity index is 1170. The van der Waals surface area contributed by atoms with Crippen molar-refractivity contribution in [1.29, 1.82) is 0 Å². The van der Waals surface area contributed by atoms with Gasteiger partial charge in [0.25, 0.3) is 0 Å². The summed E-state index contributed by atoms with van der Waals surface area (Å²) in [6, 6.07) is 15.1. The first-order valence-corrected chi connectivity index (χ1v) is 17.4. The third kappa shape index (κ3) is 4.85. The first-order valence-electron chi connectivity index (χ1n) is 17.4. The second-order valence-corrected chi connectivity index (χ2v) is 16.8. The minimum absolute atomic E-state index is 0.326. The number of nitrogens with one attached hydrogen (secondary N) is 1. The molecule has 0 bridgehead atoms. The maximum absolute atomic E-state index is 4.20. The van der Waals surface area contributed by atoms with Gasteiger partial charge in [-0.15, -0.1) is 0 Å². The molecule has 0 unspecified atom stereocenters. The standard InChI is InChI=1S/C40H59N/c1-27(2)29-11-15-33-31(23-29)13-17-35-37(5,19-9-21-39(33,35)7)25-41-26-38(6)20-10-22-40(8)34-16-12-30(28(3)4)24-32(34)14-18-36(38)40/h11-12,15-16,23-24,27-28,35-36,41H,9-10,13-14,17-22,25-26H2,1-8H3/t35-,36-,37-,38-,39+,40+/m0/s1. The predicted molar refractivity (Wildman–Crippen MR) is 176 cm³/mol.